The Hall–Kier alpha value is -3.51. The predicted molar refractivity (Wildman–Crippen MR) is 131 cm³/mol. The molecular formula is C25H29N5O6. The minimum Gasteiger partial charge on any atom is -0.467 e. The SMILES string of the molecule is COCc1cc2cc(-c3c(C)nc(NCc4ccco4)nc3N[C@@H]3C[C@H](CO)[C@@H](O)[C@H]3O)oc2cn1. The van der Waals surface area contributed by atoms with E-state index in [9.17, 15) is 15.3 Å². The van der Waals surface area contributed by atoms with Gasteiger partial charge in [0.1, 0.15) is 23.4 Å². The number of aliphatic hydroxyl groups excluding tert-OH is 3. The van der Waals surface area contributed by atoms with Gasteiger partial charge < -0.3 is 39.5 Å². The number of rotatable bonds is 9. The number of aromatic nitrogens is 3. The summed E-state index contributed by atoms with van der Waals surface area (Å²) in [5, 5.41) is 37.8. The molecule has 1 saturated carbocycles. The van der Waals surface area contributed by atoms with Gasteiger partial charge in [0.15, 0.2) is 5.58 Å². The highest BCUT2D eigenvalue weighted by Gasteiger charge is 2.41. The number of hydrogen-bond acceptors (Lipinski definition) is 11. The molecule has 0 radical (unpaired) electrons. The zero-order chi connectivity index (χ0) is 25.2. The van der Waals surface area contributed by atoms with Crippen molar-refractivity contribution in [3.05, 3.63) is 53.9 Å². The third kappa shape index (κ3) is 4.78. The number of ether oxygens (including phenoxy) is 1. The van der Waals surface area contributed by atoms with Crippen LogP contribution in [0.15, 0.2) is 45.6 Å². The van der Waals surface area contributed by atoms with Gasteiger partial charge in [0.25, 0.3) is 0 Å². The lowest BCUT2D eigenvalue weighted by atomic mass is 10.1. The molecule has 5 N–H and O–H groups in total. The first kappa shape index (κ1) is 24.2. The summed E-state index contributed by atoms with van der Waals surface area (Å²) in [5.74, 6) is 1.62. The summed E-state index contributed by atoms with van der Waals surface area (Å²) < 4.78 is 16.7. The Morgan fingerprint density at radius 1 is 1.19 bits per heavy atom. The van der Waals surface area contributed by atoms with Crippen LogP contribution in [0.5, 0.6) is 0 Å². The van der Waals surface area contributed by atoms with Crippen LogP contribution in [0.2, 0.25) is 0 Å². The number of hydrogen-bond donors (Lipinski definition) is 5. The van der Waals surface area contributed by atoms with Crippen LogP contribution in [0.3, 0.4) is 0 Å². The number of methoxy groups -OCH3 is 1. The van der Waals surface area contributed by atoms with Gasteiger partial charge in [-0.25, -0.2) is 4.98 Å². The van der Waals surface area contributed by atoms with E-state index < -0.39 is 24.2 Å². The second-order valence-electron chi connectivity index (χ2n) is 8.96. The second kappa shape index (κ2) is 10.2. The Kier molecular flexibility index (Phi) is 6.88. The molecule has 11 heteroatoms. The Labute approximate surface area is 207 Å². The van der Waals surface area contributed by atoms with Crippen molar-refractivity contribution in [1.82, 2.24) is 15.0 Å². The van der Waals surface area contributed by atoms with Crippen molar-refractivity contribution in [1.29, 1.82) is 0 Å². The van der Waals surface area contributed by atoms with Crippen LogP contribution in [0.1, 0.15) is 23.6 Å². The van der Waals surface area contributed by atoms with Gasteiger partial charge >= 0.3 is 0 Å². The fraction of sp³-hybridized carbons (Fsp3) is 0.400. The van der Waals surface area contributed by atoms with Gasteiger partial charge in [-0.05, 0) is 37.6 Å². The molecule has 36 heavy (non-hydrogen) atoms. The number of aliphatic hydroxyl groups is 3. The van der Waals surface area contributed by atoms with Crippen molar-refractivity contribution in [3.63, 3.8) is 0 Å². The molecule has 11 nitrogen and oxygen atoms in total. The quantitative estimate of drug-likeness (QED) is 0.232. The summed E-state index contributed by atoms with van der Waals surface area (Å²) in [4.78, 5) is 13.7. The molecular weight excluding hydrogens is 466 g/mol. The molecule has 0 aliphatic heterocycles. The van der Waals surface area contributed by atoms with E-state index in [2.05, 4.69) is 25.6 Å². The average molecular weight is 496 g/mol. The maximum atomic E-state index is 10.6. The van der Waals surface area contributed by atoms with Gasteiger partial charge in [-0.3, -0.25) is 4.98 Å². The first-order valence-electron chi connectivity index (χ1n) is 11.7. The number of aryl methyl sites for hydroxylation is 1. The van der Waals surface area contributed by atoms with E-state index in [1.165, 1.54) is 0 Å². The maximum absolute atomic E-state index is 10.6. The summed E-state index contributed by atoms with van der Waals surface area (Å²) in [5.41, 5.74) is 2.65. The summed E-state index contributed by atoms with van der Waals surface area (Å²) in [6.45, 7) is 2.40. The number of pyridine rings is 1. The Bertz CT molecular complexity index is 1320. The van der Waals surface area contributed by atoms with Gasteiger partial charge in [0.2, 0.25) is 5.95 Å². The normalized spacial score (nSPS) is 21.8. The molecule has 4 heterocycles. The first-order valence-corrected chi connectivity index (χ1v) is 11.7. The molecule has 0 spiro atoms. The zero-order valence-corrected chi connectivity index (χ0v) is 20.0. The summed E-state index contributed by atoms with van der Waals surface area (Å²) >= 11 is 0. The molecule has 1 aliphatic carbocycles. The molecule has 1 fully saturated rings. The lowest BCUT2D eigenvalue weighted by molar-refractivity contribution is 0.00446. The van der Waals surface area contributed by atoms with Crippen molar-refractivity contribution >= 4 is 22.7 Å². The molecule has 0 bridgehead atoms. The second-order valence-corrected chi connectivity index (χ2v) is 8.96. The highest BCUT2D eigenvalue weighted by atomic mass is 16.5. The summed E-state index contributed by atoms with van der Waals surface area (Å²) in [6.07, 6.45) is 1.52. The number of nitrogens with zero attached hydrogens (tertiary/aromatic N) is 3. The highest BCUT2D eigenvalue weighted by Crippen LogP contribution is 2.37. The Morgan fingerprint density at radius 2 is 2.06 bits per heavy atom. The topological polar surface area (TPSA) is 159 Å². The van der Waals surface area contributed by atoms with Crippen molar-refractivity contribution in [3.8, 4) is 11.3 Å². The van der Waals surface area contributed by atoms with Crippen molar-refractivity contribution < 1.29 is 28.9 Å². The van der Waals surface area contributed by atoms with Gasteiger partial charge in [-0.2, -0.15) is 4.98 Å². The van der Waals surface area contributed by atoms with E-state index in [4.69, 9.17) is 13.6 Å². The van der Waals surface area contributed by atoms with E-state index in [1.54, 1.807) is 25.6 Å². The highest BCUT2D eigenvalue weighted by molar-refractivity contribution is 5.86. The predicted octanol–water partition coefficient (Wildman–Crippen LogP) is 2.46. The smallest absolute Gasteiger partial charge is 0.225 e. The largest absolute Gasteiger partial charge is 0.467 e. The maximum Gasteiger partial charge on any atom is 0.225 e. The molecule has 0 unspecified atom stereocenters. The van der Waals surface area contributed by atoms with Crippen molar-refractivity contribution in [2.75, 3.05) is 24.4 Å². The lowest BCUT2D eigenvalue weighted by Gasteiger charge is -2.21. The molecule has 5 rings (SSSR count). The van der Waals surface area contributed by atoms with Crippen LogP contribution in [0.4, 0.5) is 11.8 Å². The van der Waals surface area contributed by atoms with E-state index >= 15 is 0 Å². The fourth-order valence-electron chi connectivity index (χ4n) is 4.60. The van der Waals surface area contributed by atoms with Gasteiger partial charge in [-0.15, -0.1) is 0 Å². The van der Waals surface area contributed by atoms with Gasteiger partial charge in [0.05, 0.1) is 54.7 Å². The standard InChI is InChI=1S/C25H29N5O6/c1-13-21(19-8-14-6-16(12-34-2)26-10-20(14)36-19)24(29-18-7-15(11-31)22(32)23(18)33)30-25(28-13)27-9-17-4-3-5-35-17/h3-6,8,10,15,18,22-23,31-33H,7,9,11-12H2,1-2H3,(H2,27,28,29,30)/t15-,18-,22-,23+/m1/s1. The van der Waals surface area contributed by atoms with E-state index in [1.807, 2.05) is 25.1 Å². The van der Waals surface area contributed by atoms with Crippen LogP contribution in [0, 0.1) is 12.8 Å². The van der Waals surface area contributed by atoms with Crippen LogP contribution in [-0.2, 0) is 17.9 Å². The molecule has 0 aromatic carbocycles. The van der Waals surface area contributed by atoms with Crippen LogP contribution < -0.4 is 10.6 Å². The fourth-order valence-corrected chi connectivity index (χ4v) is 4.60. The van der Waals surface area contributed by atoms with Crippen molar-refractivity contribution in [2.45, 2.75) is 44.7 Å². The molecule has 190 valence electrons. The molecule has 4 aromatic rings. The third-order valence-corrected chi connectivity index (χ3v) is 6.45. The summed E-state index contributed by atoms with van der Waals surface area (Å²) in [7, 11) is 1.61. The van der Waals surface area contributed by atoms with E-state index in [0.717, 1.165) is 16.8 Å². The number of anilines is 2. The minimum atomic E-state index is -1.07. The lowest BCUT2D eigenvalue weighted by Crippen LogP contribution is -2.35. The number of furan rings is 2. The minimum absolute atomic E-state index is 0.220. The Morgan fingerprint density at radius 3 is 2.78 bits per heavy atom. The molecule has 1 aliphatic rings. The average Bonchev–Trinajstić information content (AvgIpc) is 3.59. The monoisotopic (exact) mass is 495 g/mol. The van der Waals surface area contributed by atoms with Gasteiger partial charge in [0, 0.05) is 25.0 Å². The van der Waals surface area contributed by atoms with E-state index in [0.29, 0.717) is 53.9 Å². The molecule has 0 saturated heterocycles. The first-order chi connectivity index (χ1) is 17.5. The summed E-state index contributed by atoms with van der Waals surface area (Å²) in [6, 6.07) is 6.91. The van der Waals surface area contributed by atoms with Crippen LogP contribution in [-0.4, -0.2) is 62.2 Å². The molecule has 4 aromatic heterocycles. The Balaban J connectivity index is 1.52. The zero-order valence-electron chi connectivity index (χ0n) is 20.0. The van der Waals surface area contributed by atoms with Crippen molar-refractivity contribution in [2.24, 2.45) is 5.92 Å². The molecule has 0 amide bonds. The van der Waals surface area contributed by atoms with Crippen LogP contribution in [0.25, 0.3) is 22.3 Å². The number of fused-ring (bicyclic) bond motifs is 1. The third-order valence-electron chi connectivity index (χ3n) is 6.45. The van der Waals surface area contributed by atoms with E-state index in [-0.39, 0.29) is 6.61 Å². The number of nitrogens with one attached hydrogen (secondary N) is 2. The molecule has 4 atom stereocenters. The van der Waals surface area contributed by atoms with Crippen LogP contribution >= 0.6 is 0 Å². The van der Waals surface area contributed by atoms with Gasteiger partial charge in [-0.1, -0.05) is 0 Å².